The lowest BCUT2D eigenvalue weighted by atomic mass is 9.93. The van der Waals surface area contributed by atoms with Gasteiger partial charge in [0.05, 0.1) is 12.3 Å². The summed E-state index contributed by atoms with van der Waals surface area (Å²) in [7, 11) is 0. The summed E-state index contributed by atoms with van der Waals surface area (Å²) in [6.07, 6.45) is 6.39. The number of aliphatic hydroxyl groups is 1. The number of aromatic nitrogens is 4. The summed E-state index contributed by atoms with van der Waals surface area (Å²) in [4.78, 5) is 17.7. The highest BCUT2D eigenvalue weighted by Crippen LogP contribution is 2.27. The average Bonchev–Trinajstić information content (AvgIpc) is 2.83. The second kappa shape index (κ2) is 9.15. The van der Waals surface area contributed by atoms with Crippen molar-refractivity contribution in [2.24, 2.45) is 0 Å². The van der Waals surface area contributed by atoms with Crippen molar-refractivity contribution < 1.29 is 9.84 Å². The molecule has 162 valence electrons. The van der Waals surface area contributed by atoms with Crippen molar-refractivity contribution in [2.45, 2.75) is 37.8 Å². The molecule has 0 radical (unpaired) electrons. The molecule has 5 rings (SSSR count). The lowest BCUT2D eigenvalue weighted by molar-refractivity contribution is 0.126. The number of aliphatic hydroxyl groups excluding tert-OH is 1. The molecule has 4 aromatic rings. The molecular formula is C24H24N6O2. The van der Waals surface area contributed by atoms with Crippen LogP contribution in [0.3, 0.4) is 0 Å². The maximum atomic E-state index is 9.71. The summed E-state index contributed by atoms with van der Waals surface area (Å²) < 4.78 is 5.85. The second-order valence-electron chi connectivity index (χ2n) is 7.86. The Hall–Kier alpha value is -3.78. The fourth-order valence-electron chi connectivity index (χ4n) is 3.79. The van der Waals surface area contributed by atoms with Gasteiger partial charge in [0.25, 0.3) is 0 Å². The SMILES string of the molecule is OC1CCC(Nc2ncc3ncnc(Nc4ccc(Oc5ccccc5)cc4)c3n2)CC1. The zero-order valence-electron chi connectivity index (χ0n) is 17.5. The first-order valence-corrected chi connectivity index (χ1v) is 10.8. The number of hydrogen-bond acceptors (Lipinski definition) is 8. The van der Waals surface area contributed by atoms with Crippen LogP contribution < -0.4 is 15.4 Å². The van der Waals surface area contributed by atoms with Gasteiger partial charge in [-0.3, -0.25) is 0 Å². The summed E-state index contributed by atoms with van der Waals surface area (Å²) in [5, 5.41) is 16.4. The Labute approximate surface area is 185 Å². The van der Waals surface area contributed by atoms with Crippen LogP contribution in [0.2, 0.25) is 0 Å². The molecule has 2 aromatic heterocycles. The summed E-state index contributed by atoms with van der Waals surface area (Å²) in [5.41, 5.74) is 2.17. The number of benzene rings is 2. The number of fused-ring (bicyclic) bond motifs is 1. The molecule has 8 nitrogen and oxygen atoms in total. The molecular weight excluding hydrogens is 404 g/mol. The maximum Gasteiger partial charge on any atom is 0.223 e. The molecule has 1 aliphatic carbocycles. The summed E-state index contributed by atoms with van der Waals surface area (Å²) >= 11 is 0. The molecule has 0 unspecified atom stereocenters. The predicted molar refractivity (Wildman–Crippen MR) is 123 cm³/mol. The van der Waals surface area contributed by atoms with Crippen molar-refractivity contribution in [1.29, 1.82) is 0 Å². The van der Waals surface area contributed by atoms with Crippen molar-refractivity contribution in [3.63, 3.8) is 0 Å². The van der Waals surface area contributed by atoms with Gasteiger partial charge < -0.3 is 20.5 Å². The second-order valence-corrected chi connectivity index (χ2v) is 7.86. The normalized spacial score (nSPS) is 18.3. The molecule has 0 spiro atoms. The number of anilines is 3. The van der Waals surface area contributed by atoms with Crippen molar-refractivity contribution in [3.8, 4) is 11.5 Å². The standard InChI is InChI=1S/C24H24N6O2/c31-18-10-6-17(7-11-18)29-24-25-14-21-22(30-24)23(27-15-26-21)28-16-8-12-20(13-9-16)32-19-4-2-1-3-5-19/h1-5,8-9,12-15,17-18,31H,6-7,10-11H2,(H,25,29,30)(H,26,27,28). The van der Waals surface area contributed by atoms with E-state index < -0.39 is 0 Å². The third kappa shape index (κ3) is 4.76. The highest BCUT2D eigenvalue weighted by molar-refractivity contribution is 5.87. The quantitative estimate of drug-likeness (QED) is 0.407. The summed E-state index contributed by atoms with van der Waals surface area (Å²) in [5.74, 6) is 2.69. The van der Waals surface area contributed by atoms with Gasteiger partial charge >= 0.3 is 0 Å². The van der Waals surface area contributed by atoms with Gasteiger partial charge in [0, 0.05) is 11.7 Å². The minimum Gasteiger partial charge on any atom is -0.457 e. The van der Waals surface area contributed by atoms with E-state index in [4.69, 9.17) is 4.74 Å². The molecule has 0 atom stereocenters. The summed E-state index contributed by atoms with van der Waals surface area (Å²) in [6.45, 7) is 0. The van der Waals surface area contributed by atoms with Crippen LogP contribution in [0, 0.1) is 0 Å². The van der Waals surface area contributed by atoms with Crippen molar-refractivity contribution in [2.75, 3.05) is 10.6 Å². The number of nitrogens with one attached hydrogen (secondary N) is 2. The predicted octanol–water partition coefficient (Wildman–Crippen LogP) is 4.67. The van der Waals surface area contributed by atoms with E-state index in [1.165, 1.54) is 6.33 Å². The van der Waals surface area contributed by atoms with Crippen molar-refractivity contribution in [3.05, 3.63) is 67.1 Å². The highest BCUT2D eigenvalue weighted by Gasteiger charge is 2.20. The topological polar surface area (TPSA) is 105 Å². The van der Waals surface area contributed by atoms with Gasteiger partial charge in [-0.2, -0.15) is 0 Å². The number of hydrogen-bond donors (Lipinski definition) is 3. The first kappa shape index (κ1) is 20.1. The minimum atomic E-state index is -0.195. The molecule has 8 heteroatoms. The molecule has 0 amide bonds. The lowest BCUT2D eigenvalue weighted by Gasteiger charge is -2.26. The van der Waals surface area contributed by atoms with Crippen LogP contribution in [0.1, 0.15) is 25.7 Å². The van der Waals surface area contributed by atoms with Crippen molar-refractivity contribution in [1.82, 2.24) is 19.9 Å². The van der Waals surface area contributed by atoms with Crippen LogP contribution in [0.25, 0.3) is 11.0 Å². The molecule has 2 aromatic carbocycles. The largest absolute Gasteiger partial charge is 0.457 e. The molecule has 0 bridgehead atoms. The van der Waals surface area contributed by atoms with Gasteiger partial charge in [0.1, 0.15) is 28.9 Å². The average molecular weight is 428 g/mol. The van der Waals surface area contributed by atoms with Crippen LogP contribution in [0.5, 0.6) is 11.5 Å². The van der Waals surface area contributed by atoms with Gasteiger partial charge in [-0.1, -0.05) is 18.2 Å². The van der Waals surface area contributed by atoms with Gasteiger partial charge in [-0.25, -0.2) is 19.9 Å². The van der Waals surface area contributed by atoms with E-state index in [0.29, 0.717) is 22.8 Å². The monoisotopic (exact) mass is 428 g/mol. The molecule has 2 heterocycles. The van der Waals surface area contributed by atoms with Gasteiger partial charge in [0.2, 0.25) is 5.95 Å². The molecule has 1 fully saturated rings. The molecule has 0 aliphatic heterocycles. The van der Waals surface area contributed by atoms with E-state index in [1.54, 1.807) is 6.20 Å². The zero-order valence-corrected chi connectivity index (χ0v) is 17.5. The third-order valence-corrected chi connectivity index (χ3v) is 5.50. The lowest BCUT2D eigenvalue weighted by Crippen LogP contribution is -2.28. The van der Waals surface area contributed by atoms with Crippen LogP contribution in [0.15, 0.2) is 67.1 Å². The van der Waals surface area contributed by atoms with Crippen molar-refractivity contribution >= 4 is 28.5 Å². The van der Waals surface area contributed by atoms with Gasteiger partial charge in [-0.05, 0) is 62.1 Å². The molecule has 1 aliphatic rings. The summed E-state index contributed by atoms with van der Waals surface area (Å²) in [6, 6.07) is 17.6. The number of nitrogens with zero attached hydrogens (tertiary/aromatic N) is 4. The fourth-order valence-corrected chi connectivity index (χ4v) is 3.79. The maximum absolute atomic E-state index is 9.71. The van der Waals surface area contributed by atoms with E-state index >= 15 is 0 Å². The number of para-hydroxylation sites is 1. The van der Waals surface area contributed by atoms with Crippen LogP contribution >= 0.6 is 0 Å². The van der Waals surface area contributed by atoms with E-state index in [0.717, 1.165) is 42.9 Å². The van der Waals surface area contributed by atoms with Gasteiger partial charge in [0.15, 0.2) is 5.82 Å². The Morgan fingerprint density at radius 1 is 0.844 bits per heavy atom. The third-order valence-electron chi connectivity index (χ3n) is 5.50. The van der Waals surface area contributed by atoms with Crippen LogP contribution in [-0.4, -0.2) is 37.2 Å². The Bertz CT molecular complexity index is 1180. The van der Waals surface area contributed by atoms with Crippen LogP contribution in [-0.2, 0) is 0 Å². The smallest absolute Gasteiger partial charge is 0.223 e. The molecule has 3 N–H and O–H groups in total. The van der Waals surface area contributed by atoms with E-state index in [9.17, 15) is 5.11 Å². The number of rotatable bonds is 6. The Morgan fingerprint density at radius 3 is 2.38 bits per heavy atom. The fraction of sp³-hybridized carbons (Fsp3) is 0.250. The first-order valence-electron chi connectivity index (χ1n) is 10.8. The molecule has 0 saturated heterocycles. The first-order chi connectivity index (χ1) is 15.7. The van der Waals surface area contributed by atoms with E-state index in [2.05, 4.69) is 30.6 Å². The van der Waals surface area contributed by atoms with Gasteiger partial charge in [-0.15, -0.1) is 0 Å². The molecule has 32 heavy (non-hydrogen) atoms. The Morgan fingerprint density at radius 2 is 1.59 bits per heavy atom. The minimum absolute atomic E-state index is 0.195. The van der Waals surface area contributed by atoms with Crippen LogP contribution in [0.4, 0.5) is 17.5 Å². The Kier molecular flexibility index (Phi) is 5.76. The van der Waals surface area contributed by atoms with E-state index in [-0.39, 0.29) is 12.1 Å². The number of ether oxygens (including phenoxy) is 1. The zero-order chi connectivity index (χ0) is 21.8. The molecule has 1 saturated carbocycles. The van der Waals surface area contributed by atoms with E-state index in [1.807, 2.05) is 54.6 Å². The Balaban J connectivity index is 1.32. The highest BCUT2D eigenvalue weighted by atomic mass is 16.5.